The molecule has 1 aliphatic carbocycles. The van der Waals surface area contributed by atoms with Gasteiger partial charge in [0, 0.05) is 34.8 Å². The first-order valence-electron chi connectivity index (χ1n) is 8.15. The second-order valence-corrected chi connectivity index (χ2v) is 8.22. The fourth-order valence-electron chi connectivity index (χ4n) is 4.38. The molecule has 3 heterocycles. The van der Waals surface area contributed by atoms with Crippen LogP contribution in [0.2, 0.25) is 0 Å². The summed E-state index contributed by atoms with van der Waals surface area (Å²) in [6.45, 7) is 5.68. The first-order chi connectivity index (χ1) is 10.1. The van der Waals surface area contributed by atoms with Gasteiger partial charge in [0.05, 0.1) is 6.04 Å². The minimum absolute atomic E-state index is 0.137. The van der Waals surface area contributed by atoms with E-state index in [0.29, 0.717) is 18.0 Å². The fraction of sp³-hybridized carbons (Fsp3) is 0.706. The minimum Gasteiger partial charge on any atom is -0.449 e. The molecular weight excluding hydrogens is 282 g/mol. The zero-order valence-corrected chi connectivity index (χ0v) is 13.6. The van der Waals surface area contributed by atoms with Crippen LogP contribution in [0.25, 0.3) is 0 Å². The maximum atomic E-state index is 11.9. The van der Waals surface area contributed by atoms with Gasteiger partial charge in [0.1, 0.15) is 0 Å². The van der Waals surface area contributed by atoms with Crippen molar-refractivity contribution in [3.63, 3.8) is 0 Å². The third kappa shape index (κ3) is 2.02. The number of carbonyl (C=O) groups is 1. The van der Waals surface area contributed by atoms with Crippen LogP contribution in [-0.2, 0) is 9.53 Å². The molecule has 3 atom stereocenters. The number of nitrogens with zero attached hydrogens (tertiary/aromatic N) is 1. The molecule has 0 unspecified atom stereocenters. The first-order valence-corrected chi connectivity index (χ1v) is 9.14. The van der Waals surface area contributed by atoms with E-state index in [-0.39, 0.29) is 11.6 Å². The minimum atomic E-state index is -0.315. The van der Waals surface area contributed by atoms with Crippen molar-refractivity contribution in [1.82, 2.24) is 4.90 Å². The Labute approximate surface area is 130 Å². The van der Waals surface area contributed by atoms with Gasteiger partial charge in [-0.2, -0.15) is 0 Å². The summed E-state index contributed by atoms with van der Waals surface area (Å²) in [5.74, 6) is 1.70. The molecule has 0 aromatic rings. The Bertz CT molecular complexity index is 539. The van der Waals surface area contributed by atoms with E-state index in [9.17, 15) is 4.79 Å². The van der Waals surface area contributed by atoms with Crippen molar-refractivity contribution < 1.29 is 9.53 Å². The van der Waals surface area contributed by atoms with E-state index in [4.69, 9.17) is 4.74 Å². The molecule has 2 bridgehead atoms. The average Bonchev–Trinajstić information content (AvgIpc) is 2.93. The zero-order chi connectivity index (χ0) is 14.6. The number of carbonyl (C=O) groups excluding carboxylic acids is 1. The van der Waals surface area contributed by atoms with Crippen molar-refractivity contribution in [2.24, 2.45) is 5.92 Å². The van der Waals surface area contributed by atoms with Gasteiger partial charge in [0.15, 0.2) is 5.60 Å². The highest BCUT2D eigenvalue weighted by Crippen LogP contribution is 2.55. The van der Waals surface area contributed by atoms with E-state index in [1.54, 1.807) is 6.08 Å². The van der Waals surface area contributed by atoms with E-state index >= 15 is 0 Å². The predicted octanol–water partition coefficient (Wildman–Crippen LogP) is 3.12. The predicted molar refractivity (Wildman–Crippen MR) is 85.0 cm³/mol. The molecule has 21 heavy (non-hydrogen) atoms. The SMILES string of the molecule is CC(C)CSC1=CC2=CC(=O)O[C@@]23C[C@@H]1N1CCCC[C@@H]13. The summed E-state index contributed by atoms with van der Waals surface area (Å²) in [7, 11) is 0. The third-order valence-electron chi connectivity index (χ3n) is 5.23. The lowest BCUT2D eigenvalue weighted by Crippen LogP contribution is -2.48. The van der Waals surface area contributed by atoms with Crippen molar-refractivity contribution in [2.45, 2.75) is 57.2 Å². The average molecular weight is 305 g/mol. The maximum Gasteiger partial charge on any atom is 0.332 e. The van der Waals surface area contributed by atoms with Gasteiger partial charge in [-0.3, -0.25) is 4.90 Å². The number of thioether (sulfide) groups is 1. The van der Waals surface area contributed by atoms with Gasteiger partial charge in [-0.15, -0.1) is 11.8 Å². The molecule has 0 radical (unpaired) electrons. The molecule has 0 aromatic heterocycles. The number of ether oxygens (including phenoxy) is 1. The lowest BCUT2D eigenvalue weighted by atomic mass is 9.80. The Balaban J connectivity index is 1.70. The van der Waals surface area contributed by atoms with Gasteiger partial charge in [0.2, 0.25) is 0 Å². The van der Waals surface area contributed by atoms with Crippen LogP contribution in [0.15, 0.2) is 22.6 Å². The van der Waals surface area contributed by atoms with Crippen molar-refractivity contribution in [3.05, 3.63) is 22.6 Å². The summed E-state index contributed by atoms with van der Waals surface area (Å²) in [5, 5.41) is 0. The molecule has 3 nitrogen and oxygen atoms in total. The molecular formula is C17H23NO2S. The highest BCUT2D eigenvalue weighted by Gasteiger charge is 2.61. The zero-order valence-electron chi connectivity index (χ0n) is 12.8. The number of esters is 1. The number of hydrogen-bond acceptors (Lipinski definition) is 4. The van der Waals surface area contributed by atoms with Gasteiger partial charge in [0.25, 0.3) is 0 Å². The van der Waals surface area contributed by atoms with E-state index in [1.165, 1.54) is 17.7 Å². The van der Waals surface area contributed by atoms with Crippen LogP contribution >= 0.6 is 11.8 Å². The molecule has 0 N–H and O–H groups in total. The maximum absolute atomic E-state index is 11.9. The fourth-order valence-corrected chi connectivity index (χ4v) is 5.53. The smallest absolute Gasteiger partial charge is 0.332 e. The van der Waals surface area contributed by atoms with Crippen LogP contribution in [0.4, 0.5) is 0 Å². The molecule has 1 spiro atoms. The van der Waals surface area contributed by atoms with Gasteiger partial charge < -0.3 is 4.74 Å². The van der Waals surface area contributed by atoms with Crippen LogP contribution in [-0.4, -0.2) is 40.9 Å². The normalized spacial score (nSPS) is 38.0. The molecule has 2 saturated heterocycles. The van der Waals surface area contributed by atoms with E-state index in [1.807, 2.05) is 11.8 Å². The molecule has 4 heteroatoms. The topological polar surface area (TPSA) is 29.5 Å². The molecule has 2 fully saturated rings. The molecule has 4 rings (SSSR count). The number of rotatable bonds is 3. The highest BCUT2D eigenvalue weighted by atomic mass is 32.2. The first kappa shape index (κ1) is 13.9. The lowest BCUT2D eigenvalue weighted by Gasteiger charge is -2.37. The Kier molecular flexibility index (Phi) is 3.23. The van der Waals surface area contributed by atoms with Gasteiger partial charge >= 0.3 is 5.97 Å². The second kappa shape index (κ2) is 4.88. The Morgan fingerprint density at radius 2 is 2.29 bits per heavy atom. The molecule has 0 aromatic carbocycles. The van der Waals surface area contributed by atoms with Gasteiger partial charge in [-0.05, 0) is 31.4 Å². The summed E-state index contributed by atoms with van der Waals surface area (Å²) in [6.07, 6.45) is 8.69. The van der Waals surface area contributed by atoms with Crippen LogP contribution in [0, 0.1) is 5.92 Å². The van der Waals surface area contributed by atoms with Crippen molar-refractivity contribution in [2.75, 3.05) is 12.3 Å². The van der Waals surface area contributed by atoms with Crippen LogP contribution in [0.1, 0.15) is 39.5 Å². The standard InChI is InChI=1S/C17H23NO2S/c1-11(2)10-21-14-7-12-8-16(19)20-17(12)9-13(14)18-6-4-3-5-15(17)18/h7-8,11,13,15H,3-6,9-10H2,1-2H3/t13-,15+,17-/m0/s1. The van der Waals surface area contributed by atoms with Crippen LogP contribution in [0.3, 0.4) is 0 Å². The van der Waals surface area contributed by atoms with Crippen molar-refractivity contribution in [3.8, 4) is 0 Å². The number of hydrogen-bond donors (Lipinski definition) is 0. The molecule has 114 valence electrons. The van der Waals surface area contributed by atoms with Gasteiger partial charge in [-0.25, -0.2) is 4.79 Å². The summed E-state index contributed by atoms with van der Waals surface area (Å²) < 4.78 is 5.86. The molecule has 3 aliphatic heterocycles. The monoisotopic (exact) mass is 305 g/mol. The third-order valence-corrected chi connectivity index (χ3v) is 6.79. The molecule has 4 aliphatic rings. The van der Waals surface area contributed by atoms with Gasteiger partial charge in [-0.1, -0.05) is 20.3 Å². The summed E-state index contributed by atoms with van der Waals surface area (Å²) in [6, 6.07) is 0.879. The highest BCUT2D eigenvalue weighted by molar-refractivity contribution is 8.03. The van der Waals surface area contributed by atoms with Crippen LogP contribution in [0.5, 0.6) is 0 Å². The summed E-state index contributed by atoms with van der Waals surface area (Å²) >= 11 is 1.98. The van der Waals surface area contributed by atoms with Crippen molar-refractivity contribution in [1.29, 1.82) is 0 Å². The van der Waals surface area contributed by atoms with Crippen molar-refractivity contribution >= 4 is 17.7 Å². The van der Waals surface area contributed by atoms with Crippen LogP contribution < -0.4 is 0 Å². The summed E-state index contributed by atoms with van der Waals surface area (Å²) in [4.78, 5) is 16.0. The summed E-state index contributed by atoms with van der Waals surface area (Å²) in [5.41, 5.74) is 0.828. The lowest BCUT2D eigenvalue weighted by molar-refractivity contribution is -0.148. The van der Waals surface area contributed by atoms with E-state index < -0.39 is 0 Å². The molecule has 0 saturated carbocycles. The second-order valence-electron chi connectivity index (χ2n) is 7.13. The van der Waals surface area contributed by atoms with E-state index in [2.05, 4.69) is 24.8 Å². The largest absolute Gasteiger partial charge is 0.449 e. The number of piperidine rings is 1. The Morgan fingerprint density at radius 3 is 3.10 bits per heavy atom. The van der Waals surface area contributed by atoms with E-state index in [0.717, 1.165) is 30.7 Å². The molecule has 0 amide bonds. The number of fused-ring (bicyclic) bond motifs is 3. The Morgan fingerprint density at radius 1 is 1.43 bits per heavy atom. The quantitative estimate of drug-likeness (QED) is 0.749. The Hall–Kier alpha value is -0.740.